The maximum absolute atomic E-state index is 14.5. The number of benzene rings is 2. The first-order chi connectivity index (χ1) is 20.2. The van der Waals surface area contributed by atoms with E-state index in [4.69, 9.17) is 9.47 Å². The molecule has 1 N–H and O–H groups in total. The molecule has 0 aliphatic carbocycles. The van der Waals surface area contributed by atoms with Crippen molar-refractivity contribution in [3.63, 3.8) is 0 Å². The zero-order valence-electron chi connectivity index (χ0n) is 23.8. The van der Waals surface area contributed by atoms with Crippen LogP contribution in [-0.2, 0) is 19.3 Å². The molecule has 0 radical (unpaired) electrons. The van der Waals surface area contributed by atoms with Gasteiger partial charge in [-0.05, 0) is 63.2 Å². The number of anilines is 2. The Hall–Kier alpha value is -4.71. The zero-order valence-corrected chi connectivity index (χ0v) is 24.6. The van der Waals surface area contributed by atoms with E-state index in [0.717, 1.165) is 4.90 Å². The fourth-order valence-corrected chi connectivity index (χ4v) is 5.15. The normalized spacial score (nSPS) is 17.6. The molecule has 226 valence electrons. The topological polar surface area (TPSA) is 160 Å². The fraction of sp³-hybridized carbons (Fsp3) is 0.357. The SMILES string of the molecule is CC(C)(C)OC(=O)N=S(C)(=O)c1ccc(Nc2ncnc(-c3ccc(O[C@H]4CCN(C=O)CC4(F)F)c(C#N)c3)n2)cc1. The molecule has 2 atom stereocenters. The van der Waals surface area contributed by atoms with Gasteiger partial charge in [-0.1, -0.05) is 0 Å². The van der Waals surface area contributed by atoms with E-state index in [2.05, 4.69) is 24.6 Å². The van der Waals surface area contributed by atoms with Crippen LogP contribution in [0.2, 0.25) is 0 Å². The molecule has 2 heterocycles. The van der Waals surface area contributed by atoms with E-state index in [0.29, 0.717) is 22.6 Å². The van der Waals surface area contributed by atoms with Crippen LogP contribution < -0.4 is 10.1 Å². The van der Waals surface area contributed by atoms with Crippen LogP contribution in [-0.4, -0.2) is 73.5 Å². The van der Waals surface area contributed by atoms with Gasteiger partial charge >= 0.3 is 12.0 Å². The molecule has 1 aliphatic heterocycles. The lowest BCUT2D eigenvalue weighted by molar-refractivity contribution is -0.151. The van der Waals surface area contributed by atoms with Crippen molar-refractivity contribution in [2.45, 2.75) is 49.7 Å². The molecule has 12 nitrogen and oxygen atoms in total. The summed E-state index contributed by atoms with van der Waals surface area (Å²) < 4.78 is 56.4. The summed E-state index contributed by atoms with van der Waals surface area (Å²) in [5, 5.41) is 12.7. The number of amides is 2. The molecule has 1 saturated heterocycles. The third-order valence-corrected chi connectivity index (χ3v) is 7.75. The predicted octanol–water partition coefficient (Wildman–Crippen LogP) is 4.79. The van der Waals surface area contributed by atoms with Gasteiger partial charge in [0, 0.05) is 35.4 Å². The highest BCUT2D eigenvalue weighted by molar-refractivity contribution is 7.93. The molecule has 43 heavy (non-hydrogen) atoms. The number of alkyl halides is 2. The summed E-state index contributed by atoms with van der Waals surface area (Å²) in [7, 11) is -3.06. The van der Waals surface area contributed by atoms with Crippen molar-refractivity contribution < 1.29 is 32.1 Å². The molecular weight excluding hydrogens is 584 g/mol. The molecule has 0 spiro atoms. The van der Waals surface area contributed by atoms with Crippen LogP contribution in [0.25, 0.3) is 11.4 Å². The van der Waals surface area contributed by atoms with E-state index in [1.54, 1.807) is 45.0 Å². The number of rotatable bonds is 7. The summed E-state index contributed by atoms with van der Waals surface area (Å²) in [6.07, 6.45) is 0.474. The standard InChI is InChI=1S/C28H29F2N7O5S/c1-27(2,3)42-26(39)36-43(4,40)21-8-6-20(7-9-21)34-25-33-16-32-24(35-25)18-5-10-22(19(13-18)14-31)41-23-11-12-37(17-38)15-28(23,29)30/h5-10,13,16-17,23H,11-12,15H2,1-4H3,(H,32,33,34,35)/t23-,43?/m0/s1. The molecule has 15 heteroatoms. The molecule has 1 unspecified atom stereocenters. The molecule has 2 aromatic carbocycles. The number of hydrogen-bond acceptors (Lipinski definition) is 10. The summed E-state index contributed by atoms with van der Waals surface area (Å²) in [4.78, 5) is 36.8. The third kappa shape index (κ3) is 7.98. The lowest BCUT2D eigenvalue weighted by atomic mass is 10.0. The molecule has 0 saturated carbocycles. The molecule has 1 fully saturated rings. The first kappa shape index (κ1) is 31.2. The summed E-state index contributed by atoms with van der Waals surface area (Å²) in [6.45, 7) is 4.41. The van der Waals surface area contributed by atoms with Crippen molar-refractivity contribution in [1.29, 1.82) is 5.26 Å². The lowest BCUT2D eigenvalue weighted by Crippen LogP contribution is -2.53. The van der Waals surface area contributed by atoms with Crippen molar-refractivity contribution in [1.82, 2.24) is 19.9 Å². The Morgan fingerprint density at radius 3 is 2.58 bits per heavy atom. The van der Waals surface area contributed by atoms with Crippen molar-refractivity contribution in [2.75, 3.05) is 24.7 Å². The highest BCUT2D eigenvalue weighted by atomic mass is 32.2. The van der Waals surface area contributed by atoms with Crippen LogP contribution in [0.3, 0.4) is 0 Å². The van der Waals surface area contributed by atoms with Gasteiger partial charge in [0.2, 0.25) is 12.4 Å². The second kappa shape index (κ2) is 12.3. The van der Waals surface area contributed by atoms with E-state index in [9.17, 15) is 27.8 Å². The van der Waals surface area contributed by atoms with Gasteiger partial charge in [0.05, 0.1) is 21.8 Å². The maximum Gasteiger partial charge on any atom is 0.442 e. The second-order valence-electron chi connectivity index (χ2n) is 10.7. The lowest BCUT2D eigenvalue weighted by Gasteiger charge is -2.36. The maximum atomic E-state index is 14.5. The number of piperidine rings is 1. The number of carbonyl (C=O) groups is 2. The predicted molar refractivity (Wildman–Crippen MR) is 152 cm³/mol. The first-order valence-corrected chi connectivity index (χ1v) is 14.9. The zero-order chi connectivity index (χ0) is 31.4. The fourth-order valence-electron chi connectivity index (χ4n) is 4.08. The average Bonchev–Trinajstić information content (AvgIpc) is 2.93. The summed E-state index contributed by atoms with van der Waals surface area (Å²) in [5.74, 6) is -2.94. The summed E-state index contributed by atoms with van der Waals surface area (Å²) >= 11 is 0. The minimum Gasteiger partial charge on any atom is -0.483 e. The number of carbonyl (C=O) groups excluding carboxylic acids is 2. The Bertz CT molecular complexity index is 1680. The summed E-state index contributed by atoms with van der Waals surface area (Å²) in [5.41, 5.74) is 0.197. The molecule has 0 bridgehead atoms. The minimum atomic E-state index is -3.28. The molecule has 1 aromatic heterocycles. The highest BCUT2D eigenvalue weighted by Crippen LogP contribution is 2.33. The van der Waals surface area contributed by atoms with Crippen LogP contribution in [0.15, 0.2) is 58.1 Å². The third-order valence-electron chi connectivity index (χ3n) is 6.10. The number of aromatic nitrogens is 3. The van der Waals surface area contributed by atoms with Gasteiger partial charge in [-0.15, -0.1) is 4.36 Å². The van der Waals surface area contributed by atoms with Gasteiger partial charge in [0.1, 0.15) is 23.7 Å². The van der Waals surface area contributed by atoms with Crippen molar-refractivity contribution in [3.8, 4) is 23.2 Å². The van der Waals surface area contributed by atoms with Gasteiger partial charge in [0.25, 0.3) is 0 Å². The number of nitrogens with one attached hydrogen (secondary N) is 1. The molecule has 2 amide bonds. The Labute approximate surface area is 247 Å². The van der Waals surface area contributed by atoms with Gasteiger partial charge in [-0.25, -0.2) is 27.8 Å². The van der Waals surface area contributed by atoms with Gasteiger partial charge in [-0.3, -0.25) is 4.79 Å². The Morgan fingerprint density at radius 2 is 1.95 bits per heavy atom. The van der Waals surface area contributed by atoms with Crippen LogP contribution in [0.5, 0.6) is 5.75 Å². The number of ether oxygens (including phenoxy) is 2. The monoisotopic (exact) mass is 613 g/mol. The van der Waals surface area contributed by atoms with Crippen LogP contribution >= 0.6 is 0 Å². The Kier molecular flexibility index (Phi) is 8.90. The van der Waals surface area contributed by atoms with Crippen LogP contribution in [0, 0.1) is 11.3 Å². The molecule has 1 aliphatic rings. The number of halogens is 2. The Balaban J connectivity index is 1.49. The van der Waals surface area contributed by atoms with E-state index in [1.165, 1.54) is 30.8 Å². The van der Waals surface area contributed by atoms with Crippen molar-refractivity contribution in [2.24, 2.45) is 4.36 Å². The Morgan fingerprint density at radius 1 is 1.23 bits per heavy atom. The van der Waals surface area contributed by atoms with E-state index < -0.39 is 40.0 Å². The smallest absolute Gasteiger partial charge is 0.442 e. The number of likely N-dealkylation sites (tertiary alicyclic amines) is 1. The van der Waals surface area contributed by atoms with E-state index in [1.807, 2.05) is 6.07 Å². The van der Waals surface area contributed by atoms with E-state index in [-0.39, 0.29) is 36.1 Å². The second-order valence-corrected chi connectivity index (χ2v) is 13.0. The minimum absolute atomic E-state index is 0.0107. The van der Waals surface area contributed by atoms with Gasteiger partial charge < -0.3 is 19.7 Å². The van der Waals surface area contributed by atoms with Crippen LogP contribution in [0.1, 0.15) is 32.8 Å². The largest absolute Gasteiger partial charge is 0.483 e. The molecule has 3 aromatic rings. The van der Waals surface area contributed by atoms with Gasteiger partial charge in [-0.2, -0.15) is 10.2 Å². The number of hydrogen-bond donors (Lipinski definition) is 1. The van der Waals surface area contributed by atoms with E-state index >= 15 is 0 Å². The average molecular weight is 614 g/mol. The number of nitrogens with zero attached hydrogens (tertiary/aromatic N) is 6. The summed E-state index contributed by atoms with van der Waals surface area (Å²) in [6, 6.07) is 12.6. The highest BCUT2D eigenvalue weighted by Gasteiger charge is 2.46. The molecular formula is C28H29F2N7O5S. The van der Waals surface area contributed by atoms with Gasteiger partial charge in [0.15, 0.2) is 11.9 Å². The first-order valence-electron chi connectivity index (χ1n) is 13.0. The number of nitriles is 1. The van der Waals surface area contributed by atoms with Crippen molar-refractivity contribution >= 4 is 33.9 Å². The van der Waals surface area contributed by atoms with Crippen LogP contribution in [0.4, 0.5) is 25.2 Å². The quantitative estimate of drug-likeness (QED) is 0.367. The molecule has 4 rings (SSSR count). The van der Waals surface area contributed by atoms with Crippen molar-refractivity contribution in [3.05, 3.63) is 54.4 Å².